The van der Waals surface area contributed by atoms with Gasteiger partial charge in [-0.15, -0.1) is 0 Å². The Labute approximate surface area is 152 Å². The molecule has 1 aromatic rings. The zero-order chi connectivity index (χ0) is 18.3. The number of carboxylic acid groups (broad SMARTS) is 1. The number of hydrogen-bond acceptors (Lipinski definition) is 2. The quantitative estimate of drug-likeness (QED) is 0.479. The van der Waals surface area contributed by atoms with Gasteiger partial charge < -0.3 is 10.4 Å². The predicted octanol–water partition coefficient (Wildman–Crippen LogP) is 4.72. The molecule has 0 spiro atoms. The van der Waals surface area contributed by atoms with Crippen molar-refractivity contribution in [3.05, 3.63) is 35.9 Å². The first-order chi connectivity index (χ1) is 12.1. The molecule has 0 bridgehead atoms. The molecule has 1 aromatic carbocycles. The average molecular weight is 347 g/mol. The van der Waals surface area contributed by atoms with Gasteiger partial charge in [0.15, 0.2) is 0 Å². The monoisotopic (exact) mass is 347 g/mol. The van der Waals surface area contributed by atoms with Crippen molar-refractivity contribution in [3.8, 4) is 0 Å². The van der Waals surface area contributed by atoms with Crippen LogP contribution in [0.4, 0.5) is 0 Å². The first-order valence-electron chi connectivity index (χ1n) is 9.67. The molecule has 4 heteroatoms. The molecule has 0 saturated carbocycles. The summed E-state index contributed by atoms with van der Waals surface area (Å²) in [5.41, 5.74) is 1.37. The maximum Gasteiger partial charge on any atom is 0.303 e. The van der Waals surface area contributed by atoms with Crippen molar-refractivity contribution >= 4 is 11.9 Å². The molecule has 0 fully saturated rings. The fourth-order valence-electron chi connectivity index (χ4n) is 2.95. The molecule has 0 aliphatic carbocycles. The Balaban J connectivity index is 2.13. The van der Waals surface area contributed by atoms with Crippen molar-refractivity contribution < 1.29 is 14.7 Å². The number of unbranched alkanes of at least 4 members (excludes halogenated alkanes) is 4. The molecule has 0 saturated heterocycles. The first kappa shape index (κ1) is 21.2. The van der Waals surface area contributed by atoms with E-state index >= 15 is 0 Å². The molecule has 1 atom stereocenters. The molecule has 0 aliphatic rings. The van der Waals surface area contributed by atoms with Gasteiger partial charge in [-0.05, 0) is 37.7 Å². The molecule has 2 N–H and O–H groups in total. The lowest BCUT2D eigenvalue weighted by Crippen LogP contribution is -2.35. The molecule has 0 heterocycles. The van der Waals surface area contributed by atoms with Gasteiger partial charge in [0, 0.05) is 18.9 Å². The largest absolute Gasteiger partial charge is 0.481 e. The van der Waals surface area contributed by atoms with E-state index in [1.165, 1.54) is 5.56 Å². The van der Waals surface area contributed by atoms with Crippen molar-refractivity contribution in [3.63, 3.8) is 0 Å². The second kappa shape index (κ2) is 13.5. The van der Waals surface area contributed by atoms with Crippen LogP contribution >= 0.6 is 0 Å². The number of carbonyl (C=O) groups is 2. The van der Waals surface area contributed by atoms with Crippen LogP contribution in [0.3, 0.4) is 0 Å². The molecule has 4 nitrogen and oxygen atoms in total. The molecule has 0 aliphatic heterocycles. The van der Waals surface area contributed by atoms with Gasteiger partial charge in [0.1, 0.15) is 0 Å². The fourth-order valence-corrected chi connectivity index (χ4v) is 2.95. The van der Waals surface area contributed by atoms with E-state index in [1.807, 2.05) is 6.07 Å². The summed E-state index contributed by atoms with van der Waals surface area (Å²) < 4.78 is 0. The standard InChI is InChI=1S/C21H33NO3/c1-2-3-14-19(16-17-21(24)25)22-20(23)15-10-5-4-7-11-18-12-8-6-9-13-18/h6,8-9,12-13,19H,2-5,7,10-11,14-17H2,1H3,(H,22,23)(H,24,25). The van der Waals surface area contributed by atoms with Crippen LogP contribution in [0.5, 0.6) is 0 Å². The lowest BCUT2D eigenvalue weighted by Gasteiger charge is -2.17. The minimum Gasteiger partial charge on any atom is -0.481 e. The van der Waals surface area contributed by atoms with Crippen LogP contribution in [0.15, 0.2) is 30.3 Å². The van der Waals surface area contributed by atoms with E-state index in [0.29, 0.717) is 12.8 Å². The highest BCUT2D eigenvalue weighted by atomic mass is 16.4. The number of aryl methyl sites for hydroxylation is 1. The van der Waals surface area contributed by atoms with Crippen molar-refractivity contribution in [1.82, 2.24) is 5.32 Å². The highest BCUT2D eigenvalue weighted by molar-refractivity contribution is 5.76. The molecule has 1 unspecified atom stereocenters. The molecule has 0 aromatic heterocycles. The minimum absolute atomic E-state index is 0.00151. The van der Waals surface area contributed by atoms with E-state index < -0.39 is 5.97 Å². The number of carboxylic acids is 1. The summed E-state index contributed by atoms with van der Waals surface area (Å²) in [5, 5.41) is 11.8. The average Bonchev–Trinajstić information content (AvgIpc) is 2.61. The number of benzene rings is 1. The normalized spacial score (nSPS) is 11.9. The zero-order valence-electron chi connectivity index (χ0n) is 15.5. The van der Waals surface area contributed by atoms with Crippen LogP contribution in [0, 0.1) is 0 Å². The number of amides is 1. The lowest BCUT2D eigenvalue weighted by molar-refractivity contribution is -0.137. The maximum absolute atomic E-state index is 12.1. The summed E-state index contributed by atoms with van der Waals surface area (Å²) in [6.07, 6.45) is 9.49. The van der Waals surface area contributed by atoms with Crippen molar-refractivity contribution in [2.75, 3.05) is 0 Å². The number of aliphatic carboxylic acids is 1. The Morgan fingerprint density at radius 2 is 1.68 bits per heavy atom. The highest BCUT2D eigenvalue weighted by Crippen LogP contribution is 2.11. The second-order valence-electron chi connectivity index (χ2n) is 6.74. The molecular weight excluding hydrogens is 314 g/mol. The lowest BCUT2D eigenvalue weighted by atomic mass is 10.0. The highest BCUT2D eigenvalue weighted by Gasteiger charge is 2.13. The van der Waals surface area contributed by atoms with Gasteiger partial charge in [-0.25, -0.2) is 0 Å². The smallest absolute Gasteiger partial charge is 0.303 e. The van der Waals surface area contributed by atoms with E-state index in [-0.39, 0.29) is 18.4 Å². The molecule has 0 radical (unpaired) electrons. The van der Waals surface area contributed by atoms with Crippen molar-refractivity contribution in [2.45, 2.75) is 83.6 Å². The van der Waals surface area contributed by atoms with E-state index in [2.05, 4.69) is 36.5 Å². The summed E-state index contributed by atoms with van der Waals surface area (Å²) >= 11 is 0. The summed E-state index contributed by atoms with van der Waals surface area (Å²) in [6, 6.07) is 10.5. The third-order valence-corrected chi connectivity index (χ3v) is 4.44. The fraction of sp³-hybridized carbons (Fsp3) is 0.619. The van der Waals surface area contributed by atoms with E-state index in [0.717, 1.165) is 51.4 Å². The molecule has 25 heavy (non-hydrogen) atoms. The number of carbonyl (C=O) groups excluding carboxylic acids is 1. The predicted molar refractivity (Wildman–Crippen MR) is 102 cm³/mol. The Kier molecular flexibility index (Phi) is 11.4. The minimum atomic E-state index is -0.797. The van der Waals surface area contributed by atoms with Gasteiger partial charge >= 0.3 is 5.97 Å². The van der Waals surface area contributed by atoms with Crippen LogP contribution < -0.4 is 5.32 Å². The molecule has 140 valence electrons. The van der Waals surface area contributed by atoms with E-state index in [1.54, 1.807) is 0 Å². The van der Waals surface area contributed by atoms with Crippen molar-refractivity contribution in [1.29, 1.82) is 0 Å². The molecule has 1 amide bonds. The number of rotatable bonds is 14. The Hall–Kier alpha value is -1.84. The van der Waals surface area contributed by atoms with E-state index in [9.17, 15) is 9.59 Å². The first-order valence-corrected chi connectivity index (χ1v) is 9.67. The van der Waals surface area contributed by atoms with Crippen LogP contribution in [0.2, 0.25) is 0 Å². The van der Waals surface area contributed by atoms with Gasteiger partial charge in [-0.1, -0.05) is 62.9 Å². The zero-order valence-corrected chi connectivity index (χ0v) is 15.5. The molecular formula is C21H33NO3. The Morgan fingerprint density at radius 3 is 2.36 bits per heavy atom. The summed E-state index contributed by atoms with van der Waals surface area (Å²) in [4.78, 5) is 22.8. The Bertz CT molecular complexity index is 487. The Morgan fingerprint density at radius 1 is 0.960 bits per heavy atom. The van der Waals surface area contributed by atoms with Crippen LogP contribution in [-0.2, 0) is 16.0 Å². The third kappa shape index (κ3) is 11.4. The van der Waals surface area contributed by atoms with Gasteiger partial charge in [-0.2, -0.15) is 0 Å². The van der Waals surface area contributed by atoms with Gasteiger partial charge in [-0.3, -0.25) is 9.59 Å². The number of nitrogens with one attached hydrogen (secondary N) is 1. The SMILES string of the molecule is CCCCC(CCC(=O)O)NC(=O)CCCCCCc1ccccc1. The topological polar surface area (TPSA) is 66.4 Å². The third-order valence-electron chi connectivity index (χ3n) is 4.44. The van der Waals surface area contributed by atoms with Gasteiger partial charge in [0.25, 0.3) is 0 Å². The number of hydrogen-bond donors (Lipinski definition) is 2. The summed E-state index contributed by atoms with van der Waals surface area (Å²) in [6.45, 7) is 2.10. The van der Waals surface area contributed by atoms with Gasteiger partial charge in [0.2, 0.25) is 5.91 Å². The second-order valence-corrected chi connectivity index (χ2v) is 6.74. The van der Waals surface area contributed by atoms with Crippen LogP contribution in [0.1, 0.15) is 76.7 Å². The molecule has 1 rings (SSSR count). The summed E-state index contributed by atoms with van der Waals surface area (Å²) in [5.74, 6) is -0.733. The van der Waals surface area contributed by atoms with Crippen LogP contribution in [0.25, 0.3) is 0 Å². The maximum atomic E-state index is 12.1. The van der Waals surface area contributed by atoms with Crippen LogP contribution in [-0.4, -0.2) is 23.0 Å². The van der Waals surface area contributed by atoms with E-state index in [4.69, 9.17) is 5.11 Å². The summed E-state index contributed by atoms with van der Waals surface area (Å²) in [7, 11) is 0. The van der Waals surface area contributed by atoms with Crippen molar-refractivity contribution in [2.24, 2.45) is 0 Å². The van der Waals surface area contributed by atoms with Gasteiger partial charge in [0.05, 0.1) is 0 Å².